The number of esters is 1. The maximum atomic E-state index is 12.1. The van der Waals surface area contributed by atoms with Crippen LogP contribution in [0.2, 0.25) is 0 Å². The summed E-state index contributed by atoms with van der Waals surface area (Å²) >= 11 is 0. The Morgan fingerprint density at radius 3 is 2.38 bits per heavy atom. The van der Waals surface area contributed by atoms with Crippen LogP contribution in [0.5, 0.6) is 0 Å². The summed E-state index contributed by atoms with van der Waals surface area (Å²) in [5.41, 5.74) is 0.240. The molecular weight excluding hydrogens is 566 g/mol. The zero-order chi connectivity index (χ0) is 32.5. The molecule has 7 fully saturated rings. The molecule has 2 heterocycles. The fraction of sp³-hybridized carbons (Fsp3) is 0.974. The van der Waals surface area contributed by atoms with Gasteiger partial charge in [0.15, 0.2) is 12.4 Å². The first kappa shape index (κ1) is 32.8. The second-order valence-electron chi connectivity index (χ2n) is 18.8. The molecule has 0 radical (unpaired) electrons. The van der Waals surface area contributed by atoms with E-state index in [0.717, 1.165) is 32.5 Å². The van der Waals surface area contributed by atoms with Gasteiger partial charge in [-0.05, 0) is 129 Å². The monoisotopic (exact) mass is 629 g/mol. The van der Waals surface area contributed by atoms with Gasteiger partial charge in [0.2, 0.25) is 0 Å². The van der Waals surface area contributed by atoms with Crippen LogP contribution < -0.4 is 0 Å². The normalized spacial score (nSPS) is 52.8. The van der Waals surface area contributed by atoms with E-state index in [1.165, 1.54) is 45.4 Å². The lowest BCUT2D eigenvalue weighted by molar-refractivity contribution is -0.246. The summed E-state index contributed by atoms with van der Waals surface area (Å²) in [6.45, 7) is 22.7. The Labute approximate surface area is 272 Å². The van der Waals surface area contributed by atoms with Crippen molar-refractivity contribution in [3.8, 4) is 0 Å². The molecule has 2 saturated heterocycles. The van der Waals surface area contributed by atoms with Crippen LogP contribution >= 0.6 is 0 Å². The van der Waals surface area contributed by atoms with Gasteiger partial charge >= 0.3 is 5.97 Å². The molecule has 0 aromatic heterocycles. The van der Waals surface area contributed by atoms with Gasteiger partial charge in [0, 0.05) is 20.0 Å². The molecule has 14 atom stereocenters. The number of aliphatic hydroxyl groups is 1. The molecule has 0 aromatic rings. The van der Waals surface area contributed by atoms with E-state index in [-0.39, 0.29) is 46.8 Å². The van der Waals surface area contributed by atoms with Crippen LogP contribution in [-0.2, 0) is 23.7 Å². The molecule has 3 unspecified atom stereocenters. The zero-order valence-corrected chi connectivity index (χ0v) is 30.0. The summed E-state index contributed by atoms with van der Waals surface area (Å²) in [5, 5.41) is 11.1. The number of ether oxygens (including phenoxy) is 4. The van der Waals surface area contributed by atoms with Crippen LogP contribution in [0.4, 0.5) is 0 Å². The van der Waals surface area contributed by atoms with Gasteiger partial charge in [0.25, 0.3) is 0 Å². The predicted molar refractivity (Wildman–Crippen MR) is 173 cm³/mol. The summed E-state index contributed by atoms with van der Waals surface area (Å²) in [6, 6.07) is 0. The summed E-state index contributed by atoms with van der Waals surface area (Å²) in [6.07, 6.45) is 9.19. The Bertz CT molecular complexity index is 1180. The van der Waals surface area contributed by atoms with Crippen molar-refractivity contribution in [2.24, 2.45) is 56.7 Å². The fourth-order valence-electron chi connectivity index (χ4n) is 14.1. The number of likely N-dealkylation sites (N-methyl/N-ethyl adjacent to an activating group) is 1. The highest BCUT2D eigenvalue weighted by molar-refractivity contribution is 5.66. The highest BCUT2D eigenvalue weighted by Crippen LogP contribution is 2.90. The van der Waals surface area contributed by atoms with Gasteiger partial charge in [-0.25, -0.2) is 0 Å². The topological polar surface area (TPSA) is 77.5 Å². The van der Waals surface area contributed by atoms with Crippen molar-refractivity contribution in [3.63, 3.8) is 0 Å². The van der Waals surface area contributed by atoms with E-state index in [0.29, 0.717) is 40.4 Å². The van der Waals surface area contributed by atoms with Crippen LogP contribution in [0, 0.1) is 56.7 Å². The van der Waals surface area contributed by atoms with Gasteiger partial charge in [-0.1, -0.05) is 41.5 Å². The lowest BCUT2D eigenvalue weighted by Gasteiger charge is -2.64. The van der Waals surface area contributed by atoms with E-state index < -0.39 is 11.7 Å². The van der Waals surface area contributed by atoms with E-state index in [1.54, 1.807) is 13.8 Å². The quantitative estimate of drug-likeness (QED) is 0.350. The molecule has 7 rings (SSSR count). The maximum Gasteiger partial charge on any atom is 0.303 e. The van der Waals surface area contributed by atoms with Crippen LogP contribution in [0.15, 0.2) is 0 Å². The van der Waals surface area contributed by atoms with Crippen LogP contribution in [-0.4, -0.2) is 79.0 Å². The highest BCUT2D eigenvalue weighted by Gasteiger charge is 2.84. The zero-order valence-electron chi connectivity index (χ0n) is 30.0. The standard InChI is InChI=1S/C38H63NO6/c1-22-19-25(32(34(6,7)41)43-24(3)40)44-31-23(2)36(9)27-12-11-26-33(4,5)28(45-29-20-39(10)17-18-42-29)13-14-37(26)21-38(27,37)16-15-35(36,8)30(22)31/h22-23,25-32,41H,11-21H2,1-10H3/t22-,23+,25-,26+,27+,28+,29?,30+,31-,32?,35-,36+,37-,38?/m1/s1. The van der Waals surface area contributed by atoms with Crippen molar-refractivity contribution in [2.45, 2.75) is 150 Å². The lowest BCUT2D eigenvalue weighted by atomic mass is 9.40. The summed E-state index contributed by atoms with van der Waals surface area (Å²) in [7, 11) is 2.17. The molecule has 256 valence electrons. The van der Waals surface area contributed by atoms with Crippen LogP contribution in [0.1, 0.15) is 114 Å². The third kappa shape index (κ3) is 4.41. The van der Waals surface area contributed by atoms with Crippen molar-refractivity contribution in [2.75, 3.05) is 26.7 Å². The molecule has 2 spiro atoms. The molecule has 7 aliphatic rings. The second kappa shape index (κ2) is 10.4. The summed E-state index contributed by atoms with van der Waals surface area (Å²) in [4.78, 5) is 14.4. The molecule has 5 aliphatic carbocycles. The number of rotatable bonds is 5. The van der Waals surface area contributed by atoms with E-state index >= 15 is 0 Å². The maximum absolute atomic E-state index is 12.1. The Balaban J connectivity index is 1.15. The summed E-state index contributed by atoms with van der Waals surface area (Å²) in [5.74, 6) is 2.37. The third-order valence-corrected chi connectivity index (χ3v) is 16.2. The molecule has 5 saturated carbocycles. The predicted octanol–water partition coefficient (Wildman–Crippen LogP) is 6.45. The Hall–Kier alpha value is -0.730. The third-order valence-electron chi connectivity index (χ3n) is 16.2. The fourth-order valence-corrected chi connectivity index (χ4v) is 14.1. The minimum absolute atomic E-state index is 0.105. The molecule has 1 N–H and O–H groups in total. The van der Waals surface area contributed by atoms with Crippen molar-refractivity contribution >= 4 is 5.97 Å². The molecule has 7 heteroatoms. The minimum Gasteiger partial charge on any atom is -0.457 e. The molecule has 0 aromatic carbocycles. The van der Waals surface area contributed by atoms with E-state index in [2.05, 4.69) is 53.5 Å². The smallest absolute Gasteiger partial charge is 0.303 e. The van der Waals surface area contributed by atoms with Gasteiger partial charge in [0.1, 0.15) is 0 Å². The van der Waals surface area contributed by atoms with Crippen LogP contribution in [0.3, 0.4) is 0 Å². The molecule has 0 bridgehead atoms. The Morgan fingerprint density at radius 1 is 1.02 bits per heavy atom. The van der Waals surface area contributed by atoms with E-state index in [1.807, 2.05) is 0 Å². The first-order chi connectivity index (χ1) is 20.9. The number of fused-ring (bicyclic) bond motifs is 4. The van der Waals surface area contributed by atoms with Gasteiger partial charge < -0.3 is 24.1 Å². The van der Waals surface area contributed by atoms with E-state index in [4.69, 9.17) is 18.9 Å². The van der Waals surface area contributed by atoms with Crippen molar-refractivity contribution in [1.82, 2.24) is 4.90 Å². The largest absolute Gasteiger partial charge is 0.457 e. The molecule has 0 amide bonds. The molecule has 45 heavy (non-hydrogen) atoms. The van der Waals surface area contributed by atoms with Crippen LogP contribution in [0.25, 0.3) is 0 Å². The lowest BCUT2D eigenvalue weighted by Crippen LogP contribution is -2.59. The summed E-state index contributed by atoms with van der Waals surface area (Å²) < 4.78 is 25.8. The first-order valence-electron chi connectivity index (χ1n) is 18.4. The Morgan fingerprint density at radius 2 is 1.71 bits per heavy atom. The van der Waals surface area contributed by atoms with Crippen molar-refractivity contribution in [3.05, 3.63) is 0 Å². The average Bonchev–Trinajstić information content (AvgIpc) is 3.57. The van der Waals surface area contributed by atoms with Gasteiger partial charge in [-0.15, -0.1) is 0 Å². The average molecular weight is 630 g/mol. The van der Waals surface area contributed by atoms with E-state index in [9.17, 15) is 9.90 Å². The SMILES string of the molecule is CC(=O)OC([C@H]1C[C@@H](C)[C@H]2[C@H](O1)[C@H](C)[C@@]1(C)[C@@H]3CC[C@H]4C(C)(C)[C@@H](OC5CN(C)CCO5)CC[C@@]45CC35CC[C@]21C)C(C)(C)O. The minimum atomic E-state index is -1.16. The van der Waals surface area contributed by atoms with Crippen molar-refractivity contribution < 1.29 is 28.8 Å². The van der Waals surface area contributed by atoms with Gasteiger partial charge in [-0.3, -0.25) is 9.69 Å². The van der Waals surface area contributed by atoms with Crippen molar-refractivity contribution in [1.29, 1.82) is 0 Å². The molecular formula is C38H63NO6. The number of nitrogens with zero attached hydrogens (tertiary/aromatic N) is 1. The number of hydrogen-bond acceptors (Lipinski definition) is 7. The first-order valence-corrected chi connectivity index (χ1v) is 18.4. The van der Waals surface area contributed by atoms with Gasteiger partial charge in [0.05, 0.1) is 30.5 Å². The number of hydrogen-bond donors (Lipinski definition) is 1. The molecule has 2 aliphatic heterocycles. The second-order valence-corrected chi connectivity index (χ2v) is 18.8. The van der Waals surface area contributed by atoms with Gasteiger partial charge in [-0.2, -0.15) is 0 Å². The Kier molecular flexibility index (Phi) is 7.57. The highest BCUT2D eigenvalue weighted by atomic mass is 16.7. The molecule has 7 nitrogen and oxygen atoms in total. The number of carbonyl (C=O) groups is 1. The number of carbonyl (C=O) groups excluding carboxylic acids is 1. The number of morpholine rings is 1.